The van der Waals surface area contributed by atoms with Crippen molar-refractivity contribution in [1.82, 2.24) is 15.0 Å². The molecule has 8 heteroatoms. The number of hydrogen-bond acceptors (Lipinski definition) is 6. The maximum Gasteiger partial charge on any atom is 0.324 e. The summed E-state index contributed by atoms with van der Waals surface area (Å²) in [5.41, 5.74) is 4.30. The van der Waals surface area contributed by atoms with E-state index in [-0.39, 0.29) is 0 Å². The Bertz CT molecular complexity index is 1070. The molecule has 0 unspecified atom stereocenters. The summed E-state index contributed by atoms with van der Waals surface area (Å²) in [6.45, 7) is 1.32. The molecule has 0 saturated heterocycles. The highest BCUT2D eigenvalue weighted by atomic mass is 16.5. The SMILES string of the molecule is COc1cc(-c2cncc(NC(=O)Nc3cccnc3)n2)ccc1C1=CCOCC1. The monoisotopic (exact) mass is 403 g/mol. The molecule has 152 valence electrons. The van der Waals surface area contributed by atoms with E-state index in [2.05, 4.69) is 31.7 Å². The van der Waals surface area contributed by atoms with E-state index in [9.17, 15) is 4.79 Å². The Kier molecular flexibility index (Phi) is 5.95. The van der Waals surface area contributed by atoms with Gasteiger partial charge < -0.3 is 14.8 Å². The van der Waals surface area contributed by atoms with E-state index < -0.39 is 6.03 Å². The number of benzene rings is 1. The third-order valence-corrected chi connectivity index (χ3v) is 4.60. The molecule has 3 aromatic rings. The van der Waals surface area contributed by atoms with Crippen LogP contribution in [0.25, 0.3) is 16.8 Å². The summed E-state index contributed by atoms with van der Waals surface area (Å²) >= 11 is 0. The number of nitrogens with zero attached hydrogens (tertiary/aromatic N) is 3. The van der Waals surface area contributed by atoms with Crippen LogP contribution in [0.1, 0.15) is 12.0 Å². The maximum absolute atomic E-state index is 12.2. The molecule has 1 aliphatic rings. The van der Waals surface area contributed by atoms with Crippen molar-refractivity contribution in [3.63, 3.8) is 0 Å². The molecule has 0 aliphatic carbocycles. The lowest BCUT2D eigenvalue weighted by atomic mass is 9.98. The fourth-order valence-corrected chi connectivity index (χ4v) is 3.17. The third kappa shape index (κ3) is 4.61. The Labute approximate surface area is 174 Å². The molecule has 1 aromatic carbocycles. The topological polar surface area (TPSA) is 98.3 Å². The van der Waals surface area contributed by atoms with Crippen molar-refractivity contribution in [1.29, 1.82) is 0 Å². The van der Waals surface area contributed by atoms with Gasteiger partial charge in [0.05, 0.1) is 50.3 Å². The van der Waals surface area contributed by atoms with E-state index in [1.165, 1.54) is 11.8 Å². The first-order valence-electron chi connectivity index (χ1n) is 9.48. The lowest BCUT2D eigenvalue weighted by molar-refractivity contribution is 0.161. The van der Waals surface area contributed by atoms with Crippen LogP contribution in [0.2, 0.25) is 0 Å². The van der Waals surface area contributed by atoms with E-state index >= 15 is 0 Å². The van der Waals surface area contributed by atoms with E-state index in [0.29, 0.717) is 30.4 Å². The van der Waals surface area contributed by atoms with E-state index in [1.54, 1.807) is 37.8 Å². The Balaban J connectivity index is 1.53. The van der Waals surface area contributed by atoms with Gasteiger partial charge >= 0.3 is 6.03 Å². The van der Waals surface area contributed by atoms with Gasteiger partial charge in [0.15, 0.2) is 5.82 Å². The number of anilines is 2. The van der Waals surface area contributed by atoms with Gasteiger partial charge in [-0.15, -0.1) is 0 Å². The molecule has 0 saturated carbocycles. The quantitative estimate of drug-likeness (QED) is 0.668. The zero-order valence-corrected chi connectivity index (χ0v) is 16.5. The molecule has 1 aliphatic heterocycles. The number of pyridine rings is 1. The number of rotatable bonds is 5. The zero-order chi connectivity index (χ0) is 20.8. The van der Waals surface area contributed by atoms with Crippen LogP contribution in [0, 0.1) is 0 Å². The number of carbonyl (C=O) groups is 1. The fraction of sp³-hybridized carbons (Fsp3) is 0.182. The zero-order valence-electron chi connectivity index (χ0n) is 16.5. The van der Waals surface area contributed by atoms with Crippen LogP contribution >= 0.6 is 0 Å². The van der Waals surface area contributed by atoms with Crippen LogP contribution in [0.5, 0.6) is 5.75 Å². The minimum Gasteiger partial charge on any atom is -0.496 e. The van der Waals surface area contributed by atoms with Crippen LogP contribution in [-0.2, 0) is 4.74 Å². The highest BCUT2D eigenvalue weighted by molar-refractivity contribution is 5.99. The molecule has 0 atom stereocenters. The average molecular weight is 403 g/mol. The maximum atomic E-state index is 12.2. The molecule has 2 N–H and O–H groups in total. The van der Waals surface area contributed by atoms with Crippen LogP contribution in [0.3, 0.4) is 0 Å². The summed E-state index contributed by atoms with van der Waals surface area (Å²) in [5.74, 6) is 1.10. The van der Waals surface area contributed by atoms with Crippen LogP contribution in [0.4, 0.5) is 16.3 Å². The molecule has 3 heterocycles. The molecular formula is C22H21N5O3. The van der Waals surface area contributed by atoms with Crippen molar-refractivity contribution in [3.8, 4) is 17.0 Å². The van der Waals surface area contributed by atoms with Crippen molar-refractivity contribution in [2.75, 3.05) is 31.0 Å². The molecule has 30 heavy (non-hydrogen) atoms. The van der Waals surface area contributed by atoms with Crippen LogP contribution in [0.15, 0.2) is 61.2 Å². The summed E-state index contributed by atoms with van der Waals surface area (Å²) < 4.78 is 11.0. The first-order valence-corrected chi connectivity index (χ1v) is 9.48. The van der Waals surface area contributed by atoms with Gasteiger partial charge in [-0.1, -0.05) is 18.2 Å². The minimum absolute atomic E-state index is 0.337. The standard InChI is InChI=1S/C22H21N5O3/c1-29-20-11-16(4-5-18(20)15-6-9-30-10-7-15)19-13-24-14-21(26-19)27-22(28)25-17-3-2-8-23-12-17/h2-6,8,11-14H,7,9-10H2,1H3,(H2,25,26,27,28). The van der Waals surface area contributed by atoms with E-state index in [1.807, 2.05) is 18.2 Å². The molecule has 0 bridgehead atoms. The summed E-state index contributed by atoms with van der Waals surface area (Å²) in [4.78, 5) is 24.9. The Morgan fingerprint density at radius 1 is 1.13 bits per heavy atom. The number of ether oxygens (including phenoxy) is 2. The van der Waals surface area contributed by atoms with Gasteiger partial charge in [-0.2, -0.15) is 0 Å². The van der Waals surface area contributed by atoms with Crippen molar-refractivity contribution in [2.24, 2.45) is 0 Å². The number of nitrogens with one attached hydrogen (secondary N) is 2. The summed E-state index contributed by atoms with van der Waals surface area (Å²) in [6.07, 6.45) is 9.25. The predicted octanol–water partition coefficient (Wildman–Crippen LogP) is 3.99. The van der Waals surface area contributed by atoms with Gasteiger partial charge in [0.1, 0.15) is 5.75 Å². The second-order valence-electron chi connectivity index (χ2n) is 6.58. The highest BCUT2D eigenvalue weighted by Gasteiger charge is 2.14. The minimum atomic E-state index is -0.422. The molecule has 0 spiro atoms. The molecule has 2 aromatic heterocycles. The number of carbonyl (C=O) groups excluding carboxylic acids is 1. The lowest BCUT2D eigenvalue weighted by Crippen LogP contribution is -2.20. The highest BCUT2D eigenvalue weighted by Crippen LogP contribution is 2.33. The Hall–Kier alpha value is -3.78. The van der Waals surface area contributed by atoms with Crippen molar-refractivity contribution < 1.29 is 14.3 Å². The van der Waals surface area contributed by atoms with Gasteiger partial charge in [-0.05, 0) is 30.2 Å². The predicted molar refractivity (Wildman–Crippen MR) is 114 cm³/mol. The second-order valence-corrected chi connectivity index (χ2v) is 6.58. The smallest absolute Gasteiger partial charge is 0.324 e. The number of urea groups is 1. The normalized spacial score (nSPS) is 13.3. The van der Waals surface area contributed by atoms with Gasteiger partial charge in [-0.3, -0.25) is 15.3 Å². The summed E-state index contributed by atoms with van der Waals surface area (Å²) in [5, 5.41) is 5.38. The largest absolute Gasteiger partial charge is 0.496 e. The Morgan fingerprint density at radius 3 is 2.83 bits per heavy atom. The molecule has 4 rings (SSSR count). The molecule has 8 nitrogen and oxygen atoms in total. The van der Waals surface area contributed by atoms with Gasteiger partial charge in [0, 0.05) is 17.3 Å². The molecule has 0 radical (unpaired) electrons. The van der Waals surface area contributed by atoms with Crippen LogP contribution < -0.4 is 15.4 Å². The first kappa shape index (κ1) is 19.5. The number of amides is 2. The third-order valence-electron chi connectivity index (χ3n) is 4.60. The number of methoxy groups -OCH3 is 1. The number of hydrogen-bond donors (Lipinski definition) is 2. The fourth-order valence-electron chi connectivity index (χ4n) is 3.17. The van der Waals surface area contributed by atoms with Crippen molar-refractivity contribution in [3.05, 3.63) is 66.8 Å². The lowest BCUT2D eigenvalue weighted by Gasteiger charge is -2.17. The second kappa shape index (κ2) is 9.15. The molecule has 0 fully saturated rings. The van der Waals surface area contributed by atoms with Gasteiger partial charge in [-0.25, -0.2) is 9.78 Å². The summed E-state index contributed by atoms with van der Waals surface area (Å²) in [6, 6.07) is 8.98. The Morgan fingerprint density at radius 2 is 2.07 bits per heavy atom. The summed E-state index contributed by atoms with van der Waals surface area (Å²) in [7, 11) is 1.65. The first-order chi connectivity index (χ1) is 14.7. The van der Waals surface area contributed by atoms with E-state index in [0.717, 1.165) is 23.3 Å². The van der Waals surface area contributed by atoms with Crippen molar-refractivity contribution in [2.45, 2.75) is 6.42 Å². The van der Waals surface area contributed by atoms with Gasteiger partial charge in [0.25, 0.3) is 0 Å². The molecule has 2 amide bonds. The average Bonchev–Trinajstić information content (AvgIpc) is 2.80. The molecular weight excluding hydrogens is 382 g/mol. The van der Waals surface area contributed by atoms with Gasteiger partial charge in [0.2, 0.25) is 0 Å². The van der Waals surface area contributed by atoms with Crippen LogP contribution in [-0.4, -0.2) is 41.3 Å². The van der Waals surface area contributed by atoms with E-state index in [4.69, 9.17) is 9.47 Å². The number of aromatic nitrogens is 3. The van der Waals surface area contributed by atoms with Crippen molar-refractivity contribution >= 4 is 23.1 Å².